The third-order valence-corrected chi connectivity index (χ3v) is 11.5. The molecule has 1 amide bonds. The fourth-order valence-electron chi connectivity index (χ4n) is 6.52. The lowest BCUT2D eigenvalue weighted by Gasteiger charge is -2.36. The molecule has 3 saturated heterocycles. The molecule has 4 aromatic rings. The van der Waals surface area contributed by atoms with Crippen LogP contribution >= 0.6 is 22.7 Å². The molecule has 1 atom stereocenters. The van der Waals surface area contributed by atoms with Crippen molar-refractivity contribution in [2.45, 2.75) is 45.9 Å². The first-order chi connectivity index (χ1) is 21.3. The molecule has 44 heavy (non-hydrogen) atoms. The van der Waals surface area contributed by atoms with Crippen LogP contribution in [0.5, 0.6) is 0 Å². The maximum atomic E-state index is 13.7. The van der Waals surface area contributed by atoms with Crippen molar-refractivity contribution >= 4 is 59.3 Å². The molecular weight excluding hydrogens is 591 g/mol. The van der Waals surface area contributed by atoms with Crippen molar-refractivity contribution in [2.24, 2.45) is 0 Å². The van der Waals surface area contributed by atoms with Crippen LogP contribution in [-0.4, -0.2) is 115 Å². The number of carbonyl (C=O) groups excluding carboxylic acids is 1. The second-order valence-corrected chi connectivity index (χ2v) is 14.8. The van der Waals surface area contributed by atoms with E-state index in [2.05, 4.69) is 65.5 Å². The third-order valence-electron chi connectivity index (χ3n) is 9.38. The zero-order chi connectivity index (χ0) is 30.4. The highest BCUT2D eigenvalue weighted by molar-refractivity contribution is 7.22. The van der Waals surface area contributed by atoms with Gasteiger partial charge in [-0.1, -0.05) is 28.7 Å². The van der Waals surface area contributed by atoms with E-state index < -0.39 is 0 Å². The summed E-state index contributed by atoms with van der Waals surface area (Å²) >= 11 is 3.45. The van der Waals surface area contributed by atoms with Crippen molar-refractivity contribution in [1.82, 2.24) is 24.7 Å². The molecule has 0 bridgehead atoms. The molecule has 9 nitrogen and oxygen atoms in total. The predicted molar refractivity (Wildman–Crippen MR) is 182 cm³/mol. The van der Waals surface area contributed by atoms with Gasteiger partial charge in [0.15, 0.2) is 10.3 Å². The van der Waals surface area contributed by atoms with Crippen LogP contribution in [0.4, 0.5) is 10.3 Å². The summed E-state index contributed by atoms with van der Waals surface area (Å²) in [7, 11) is 0. The molecule has 0 spiro atoms. The van der Waals surface area contributed by atoms with Gasteiger partial charge in [-0.15, -0.1) is 0 Å². The van der Waals surface area contributed by atoms with Gasteiger partial charge in [0, 0.05) is 76.5 Å². The second-order valence-electron chi connectivity index (χ2n) is 12.7. The van der Waals surface area contributed by atoms with Crippen LogP contribution in [0, 0.1) is 0 Å². The van der Waals surface area contributed by atoms with E-state index in [-0.39, 0.29) is 12.0 Å². The topological polar surface area (TPSA) is 68.3 Å². The molecule has 2 aromatic carbocycles. The van der Waals surface area contributed by atoms with E-state index in [4.69, 9.17) is 14.7 Å². The Morgan fingerprint density at radius 2 is 1.30 bits per heavy atom. The van der Waals surface area contributed by atoms with E-state index in [1.165, 1.54) is 4.70 Å². The number of hydrogen-bond acceptors (Lipinski definition) is 10. The van der Waals surface area contributed by atoms with Crippen molar-refractivity contribution in [1.29, 1.82) is 0 Å². The van der Waals surface area contributed by atoms with Crippen LogP contribution in [0.2, 0.25) is 0 Å². The van der Waals surface area contributed by atoms with Crippen LogP contribution in [0.25, 0.3) is 20.4 Å². The Labute approximate surface area is 268 Å². The molecule has 3 aliphatic rings. The number of rotatable bonds is 6. The highest BCUT2D eigenvalue weighted by Crippen LogP contribution is 2.34. The van der Waals surface area contributed by atoms with Gasteiger partial charge in [-0.3, -0.25) is 14.6 Å². The quantitative estimate of drug-likeness (QED) is 0.288. The van der Waals surface area contributed by atoms with Gasteiger partial charge in [0.05, 0.1) is 33.6 Å². The Bertz CT molecular complexity index is 1620. The smallest absolute Gasteiger partial charge is 0.254 e. The first kappa shape index (κ1) is 29.9. The maximum Gasteiger partial charge on any atom is 0.254 e. The number of nitrogens with zero attached hydrogens (tertiary/aromatic N) is 7. The minimum atomic E-state index is -0.152. The molecule has 2 aromatic heterocycles. The number of piperazine rings is 2. The van der Waals surface area contributed by atoms with Crippen molar-refractivity contribution in [3.05, 3.63) is 47.5 Å². The molecule has 3 fully saturated rings. The summed E-state index contributed by atoms with van der Waals surface area (Å²) < 4.78 is 8.45. The number of ether oxygens (including phenoxy) is 1. The van der Waals surface area contributed by atoms with E-state index in [0.717, 1.165) is 89.5 Å². The zero-order valence-electron chi connectivity index (χ0n) is 26.2. The lowest BCUT2D eigenvalue weighted by molar-refractivity contribution is -0.0227. The number of carbonyl (C=O) groups is 1. The minimum Gasteiger partial charge on any atom is -0.370 e. The van der Waals surface area contributed by atoms with Crippen molar-refractivity contribution in [2.75, 3.05) is 81.9 Å². The number of fused-ring (bicyclic) bond motifs is 2. The summed E-state index contributed by atoms with van der Waals surface area (Å²) in [6, 6.07) is 13.6. The molecule has 0 N–H and O–H groups in total. The van der Waals surface area contributed by atoms with Gasteiger partial charge in [0.1, 0.15) is 6.10 Å². The average Bonchev–Trinajstić information content (AvgIpc) is 3.68. The number of benzene rings is 2. The number of aromatic nitrogens is 2. The number of amides is 1. The van der Waals surface area contributed by atoms with Gasteiger partial charge in [0.2, 0.25) is 0 Å². The van der Waals surface area contributed by atoms with Gasteiger partial charge < -0.3 is 19.4 Å². The highest BCUT2D eigenvalue weighted by Gasteiger charge is 2.28. The van der Waals surface area contributed by atoms with Crippen LogP contribution in [0.1, 0.15) is 49.7 Å². The summed E-state index contributed by atoms with van der Waals surface area (Å²) in [6.45, 7) is 19.0. The Hall–Kier alpha value is -2.83. The monoisotopic (exact) mass is 633 g/mol. The summed E-state index contributed by atoms with van der Waals surface area (Å²) in [6.07, 6.45) is -0.152. The fourth-order valence-corrected chi connectivity index (χ4v) is 8.64. The van der Waals surface area contributed by atoms with E-state index in [9.17, 15) is 4.79 Å². The van der Waals surface area contributed by atoms with Crippen LogP contribution in [0.3, 0.4) is 0 Å². The molecule has 0 saturated carbocycles. The van der Waals surface area contributed by atoms with Gasteiger partial charge in [-0.25, -0.2) is 9.97 Å². The number of thiazole rings is 2. The third kappa shape index (κ3) is 6.04. The van der Waals surface area contributed by atoms with E-state index in [0.29, 0.717) is 31.8 Å². The molecule has 1 unspecified atom stereocenters. The average molecular weight is 634 g/mol. The van der Waals surface area contributed by atoms with Gasteiger partial charge >= 0.3 is 0 Å². The molecule has 0 radical (unpaired) electrons. The standard InChI is InChI=1S/C33H43N7O2S2/c1-22(2)36-9-13-38(14-10-36)32-34-26-7-5-24(19-29(26)43-32)28-21-40(17-18-42-28)31(41)25-6-8-27-30(20-25)44-33(35-27)39-15-11-37(12-16-39)23(3)4/h5-8,19-20,22-23,28H,9-18,21H2,1-4H3. The fraction of sp³-hybridized carbons (Fsp3) is 0.545. The normalized spacial score (nSPS) is 21.0. The van der Waals surface area contributed by atoms with Crippen LogP contribution in [0.15, 0.2) is 36.4 Å². The number of morpholine rings is 1. The van der Waals surface area contributed by atoms with Gasteiger partial charge in [-0.2, -0.15) is 0 Å². The Morgan fingerprint density at radius 3 is 1.86 bits per heavy atom. The van der Waals surface area contributed by atoms with Crippen molar-refractivity contribution in [3.63, 3.8) is 0 Å². The summed E-state index contributed by atoms with van der Waals surface area (Å²) in [4.78, 5) is 35.3. The number of hydrogen-bond donors (Lipinski definition) is 0. The van der Waals surface area contributed by atoms with Crippen molar-refractivity contribution in [3.8, 4) is 0 Å². The lowest BCUT2D eigenvalue weighted by Crippen LogP contribution is -2.48. The first-order valence-electron chi connectivity index (χ1n) is 16.0. The first-order valence-corrected chi connectivity index (χ1v) is 17.7. The van der Waals surface area contributed by atoms with E-state index in [1.807, 2.05) is 23.1 Å². The van der Waals surface area contributed by atoms with E-state index >= 15 is 0 Å². The number of anilines is 2. The van der Waals surface area contributed by atoms with Crippen molar-refractivity contribution < 1.29 is 9.53 Å². The highest BCUT2D eigenvalue weighted by atomic mass is 32.1. The summed E-state index contributed by atoms with van der Waals surface area (Å²) in [5.41, 5.74) is 3.82. The second kappa shape index (κ2) is 12.5. The van der Waals surface area contributed by atoms with Gasteiger partial charge in [-0.05, 0) is 63.6 Å². The predicted octanol–water partition coefficient (Wildman–Crippen LogP) is 5.18. The lowest BCUT2D eigenvalue weighted by atomic mass is 10.1. The van der Waals surface area contributed by atoms with Crippen LogP contribution in [-0.2, 0) is 4.74 Å². The maximum absolute atomic E-state index is 13.7. The SMILES string of the molecule is CC(C)N1CCN(c2nc3ccc(C(=O)N4CCOC(c5ccc6nc(N7CCN(C(C)C)CC7)sc6c5)C4)cc3s2)CC1. The summed E-state index contributed by atoms with van der Waals surface area (Å²) in [5, 5.41) is 2.15. The van der Waals surface area contributed by atoms with Gasteiger partial charge in [0.25, 0.3) is 5.91 Å². The molecule has 3 aliphatic heterocycles. The largest absolute Gasteiger partial charge is 0.370 e. The Morgan fingerprint density at radius 1 is 0.750 bits per heavy atom. The Kier molecular flexibility index (Phi) is 8.49. The minimum absolute atomic E-state index is 0.0578. The molecule has 7 rings (SSSR count). The summed E-state index contributed by atoms with van der Waals surface area (Å²) in [5.74, 6) is 0.0578. The van der Waals surface area contributed by atoms with Crippen LogP contribution < -0.4 is 9.80 Å². The molecule has 5 heterocycles. The molecule has 11 heteroatoms. The molecule has 0 aliphatic carbocycles. The molecule has 234 valence electrons. The zero-order valence-corrected chi connectivity index (χ0v) is 27.9. The van der Waals surface area contributed by atoms with E-state index in [1.54, 1.807) is 22.7 Å². The Balaban J connectivity index is 1.02. The molecular formula is C33H43N7O2S2.